The fourth-order valence-electron chi connectivity index (χ4n) is 4.21. The molecule has 164 valence electrons. The van der Waals surface area contributed by atoms with Crippen LogP contribution in [0.2, 0.25) is 0 Å². The number of nitrogens with one attached hydrogen (secondary N) is 1. The second kappa shape index (κ2) is 9.88. The number of benzene rings is 1. The molecule has 0 bridgehead atoms. The standard InChI is InChI=1S/C21H31N5O4/c1-16(2)22-20(27)15-23-11-13-25(14-12-23)21(28)17-7-9-24(10-8-17)18-5-3-4-6-19(18)26(29)30/h3-6,16-17H,7-15H2,1-2H3,(H,22,27). The Kier molecular flexibility index (Phi) is 7.25. The van der Waals surface area contributed by atoms with Crippen molar-refractivity contribution in [3.8, 4) is 0 Å². The molecule has 9 nitrogen and oxygen atoms in total. The minimum absolute atomic E-state index is 0.0205. The van der Waals surface area contributed by atoms with E-state index < -0.39 is 0 Å². The van der Waals surface area contributed by atoms with Crippen LogP contribution in [0.5, 0.6) is 0 Å². The summed E-state index contributed by atoms with van der Waals surface area (Å²) in [5.41, 5.74) is 0.738. The van der Waals surface area contributed by atoms with Crippen LogP contribution in [0.1, 0.15) is 26.7 Å². The fraction of sp³-hybridized carbons (Fsp3) is 0.619. The van der Waals surface area contributed by atoms with Gasteiger partial charge in [-0.05, 0) is 32.8 Å². The van der Waals surface area contributed by atoms with Gasteiger partial charge in [0, 0.05) is 57.3 Å². The number of anilines is 1. The van der Waals surface area contributed by atoms with Crippen molar-refractivity contribution in [2.75, 3.05) is 50.7 Å². The lowest BCUT2D eigenvalue weighted by Gasteiger charge is -2.38. The van der Waals surface area contributed by atoms with Crippen molar-refractivity contribution in [2.45, 2.75) is 32.7 Å². The van der Waals surface area contributed by atoms with E-state index in [1.165, 1.54) is 6.07 Å². The summed E-state index contributed by atoms with van der Waals surface area (Å²) in [4.78, 5) is 41.8. The second-order valence-corrected chi connectivity index (χ2v) is 8.33. The smallest absolute Gasteiger partial charge is 0.292 e. The molecule has 1 aromatic rings. The average Bonchev–Trinajstić information content (AvgIpc) is 2.73. The zero-order valence-electron chi connectivity index (χ0n) is 17.7. The van der Waals surface area contributed by atoms with Gasteiger partial charge in [-0.25, -0.2) is 0 Å². The zero-order valence-corrected chi connectivity index (χ0v) is 17.7. The molecule has 0 aromatic heterocycles. The third-order valence-corrected chi connectivity index (χ3v) is 5.76. The van der Waals surface area contributed by atoms with E-state index in [9.17, 15) is 19.7 Å². The number of nitrogens with zero attached hydrogens (tertiary/aromatic N) is 4. The Balaban J connectivity index is 1.47. The molecule has 1 N–H and O–H groups in total. The Hall–Kier alpha value is -2.68. The van der Waals surface area contributed by atoms with Crippen LogP contribution >= 0.6 is 0 Å². The minimum atomic E-state index is -0.354. The molecule has 0 atom stereocenters. The third-order valence-electron chi connectivity index (χ3n) is 5.76. The van der Waals surface area contributed by atoms with E-state index in [1.54, 1.807) is 18.2 Å². The van der Waals surface area contributed by atoms with Crippen molar-refractivity contribution in [3.63, 3.8) is 0 Å². The molecular formula is C21H31N5O4. The van der Waals surface area contributed by atoms with E-state index >= 15 is 0 Å². The Labute approximate surface area is 177 Å². The van der Waals surface area contributed by atoms with Gasteiger partial charge in [-0.15, -0.1) is 0 Å². The minimum Gasteiger partial charge on any atom is -0.366 e. The van der Waals surface area contributed by atoms with Crippen LogP contribution in [0.4, 0.5) is 11.4 Å². The summed E-state index contributed by atoms with van der Waals surface area (Å²) in [6, 6.07) is 6.90. The lowest BCUT2D eigenvalue weighted by atomic mass is 9.94. The molecule has 3 rings (SSSR count). The molecule has 0 unspecified atom stereocenters. The lowest BCUT2D eigenvalue weighted by Crippen LogP contribution is -2.53. The largest absolute Gasteiger partial charge is 0.366 e. The summed E-state index contributed by atoms with van der Waals surface area (Å²) >= 11 is 0. The average molecular weight is 418 g/mol. The Bertz CT molecular complexity index is 768. The highest BCUT2D eigenvalue weighted by molar-refractivity contribution is 5.80. The zero-order chi connectivity index (χ0) is 21.7. The first-order valence-electron chi connectivity index (χ1n) is 10.6. The molecular weight excluding hydrogens is 386 g/mol. The molecule has 2 aliphatic rings. The highest BCUT2D eigenvalue weighted by Gasteiger charge is 2.32. The number of nitro benzene ring substituents is 1. The van der Waals surface area contributed by atoms with Gasteiger partial charge in [-0.3, -0.25) is 24.6 Å². The van der Waals surface area contributed by atoms with Crippen LogP contribution in [0, 0.1) is 16.0 Å². The number of piperazine rings is 1. The van der Waals surface area contributed by atoms with Crippen LogP contribution in [0.3, 0.4) is 0 Å². The molecule has 2 fully saturated rings. The van der Waals surface area contributed by atoms with Crippen molar-refractivity contribution >= 4 is 23.2 Å². The number of nitro groups is 1. The number of hydrogen-bond donors (Lipinski definition) is 1. The molecule has 2 aliphatic heterocycles. The topological polar surface area (TPSA) is 99.0 Å². The molecule has 0 radical (unpaired) electrons. The number of para-hydroxylation sites is 2. The molecule has 0 aliphatic carbocycles. The van der Waals surface area contributed by atoms with Crippen molar-refractivity contribution in [1.29, 1.82) is 0 Å². The monoisotopic (exact) mass is 417 g/mol. The predicted molar refractivity (Wildman–Crippen MR) is 114 cm³/mol. The first kappa shape index (κ1) is 22.0. The normalized spacial score (nSPS) is 18.5. The van der Waals surface area contributed by atoms with Crippen molar-refractivity contribution in [1.82, 2.24) is 15.1 Å². The number of piperidine rings is 1. The lowest BCUT2D eigenvalue weighted by molar-refractivity contribution is -0.384. The first-order chi connectivity index (χ1) is 14.3. The van der Waals surface area contributed by atoms with Crippen molar-refractivity contribution in [2.24, 2.45) is 5.92 Å². The first-order valence-corrected chi connectivity index (χ1v) is 10.6. The van der Waals surface area contributed by atoms with E-state index in [2.05, 4.69) is 10.2 Å². The van der Waals surface area contributed by atoms with E-state index in [0.717, 1.165) is 0 Å². The Morgan fingerprint density at radius 2 is 1.73 bits per heavy atom. The van der Waals surface area contributed by atoms with Gasteiger partial charge in [0.1, 0.15) is 5.69 Å². The highest BCUT2D eigenvalue weighted by Crippen LogP contribution is 2.31. The van der Waals surface area contributed by atoms with E-state index in [1.807, 2.05) is 23.6 Å². The molecule has 2 heterocycles. The van der Waals surface area contributed by atoms with Gasteiger partial charge < -0.3 is 15.1 Å². The number of hydrogen-bond acceptors (Lipinski definition) is 6. The summed E-state index contributed by atoms with van der Waals surface area (Å²) in [6.07, 6.45) is 1.39. The number of rotatable bonds is 6. The quantitative estimate of drug-likeness (QED) is 0.556. The van der Waals surface area contributed by atoms with Gasteiger partial charge in [0.25, 0.3) is 5.69 Å². The van der Waals surface area contributed by atoms with Gasteiger partial charge in [0.2, 0.25) is 11.8 Å². The molecule has 0 spiro atoms. The third kappa shape index (κ3) is 5.47. The van der Waals surface area contributed by atoms with Gasteiger partial charge in [0.05, 0.1) is 11.5 Å². The summed E-state index contributed by atoms with van der Waals surface area (Å²) in [5, 5.41) is 14.2. The summed E-state index contributed by atoms with van der Waals surface area (Å²) in [7, 11) is 0. The maximum atomic E-state index is 12.9. The molecule has 2 saturated heterocycles. The second-order valence-electron chi connectivity index (χ2n) is 8.33. The van der Waals surface area contributed by atoms with Gasteiger partial charge in [-0.1, -0.05) is 12.1 Å². The van der Waals surface area contributed by atoms with Crippen LogP contribution in [0.15, 0.2) is 24.3 Å². The maximum absolute atomic E-state index is 12.9. The fourth-order valence-corrected chi connectivity index (χ4v) is 4.21. The van der Waals surface area contributed by atoms with E-state index in [4.69, 9.17) is 0 Å². The molecule has 9 heteroatoms. The molecule has 0 saturated carbocycles. The van der Waals surface area contributed by atoms with Crippen LogP contribution in [0.25, 0.3) is 0 Å². The highest BCUT2D eigenvalue weighted by atomic mass is 16.6. The van der Waals surface area contributed by atoms with E-state index in [-0.39, 0.29) is 34.4 Å². The van der Waals surface area contributed by atoms with Gasteiger partial charge in [0.15, 0.2) is 0 Å². The maximum Gasteiger partial charge on any atom is 0.292 e. The molecule has 1 aromatic carbocycles. The molecule has 2 amide bonds. The Morgan fingerprint density at radius 1 is 1.10 bits per heavy atom. The SMILES string of the molecule is CC(C)NC(=O)CN1CCN(C(=O)C2CCN(c3ccccc3[N+](=O)[O-])CC2)CC1. The Morgan fingerprint density at radius 3 is 2.33 bits per heavy atom. The van der Waals surface area contributed by atoms with Gasteiger partial charge in [-0.2, -0.15) is 0 Å². The number of carbonyl (C=O) groups is 2. The van der Waals surface area contributed by atoms with E-state index in [0.29, 0.717) is 64.3 Å². The predicted octanol–water partition coefficient (Wildman–Crippen LogP) is 1.48. The van der Waals surface area contributed by atoms with Crippen LogP contribution in [-0.4, -0.2) is 78.4 Å². The number of carbonyl (C=O) groups excluding carboxylic acids is 2. The summed E-state index contributed by atoms with van der Waals surface area (Å²) in [6.45, 7) is 8.20. The summed E-state index contributed by atoms with van der Waals surface area (Å²) in [5.74, 6) is 0.149. The van der Waals surface area contributed by atoms with Crippen molar-refractivity contribution < 1.29 is 14.5 Å². The summed E-state index contributed by atoms with van der Waals surface area (Å²) < 4.78 is 0. The van der Waals surface area contributed by atoms with Crippen molar-refractivity contribution in [3.05, 3.63) is 34.4 Å². The number of amides is 2. The molecule has 30 heavy (non-hydrogen) atoms. The van der Waals surface area contributed by atoms with Gasteiger partial charge >= 0.3 is 0 Å². The van der Waals surface area contributed by atoms with Crippen LogP contribution < -0.4 is 10.2 Å². The van der Waals surface area contributed by atoms with Crippen LogP contribution in [-0.2, 0) is 9.59 Å².